The van der Waals surface area contributed by atoms with E-state index in [1.54, 1.807) is 11.3 Å². The standard InChI is InChI=1S/C14H20N2O2S/c17-11-8-15-6-10(11)7-16-14(18)13-5-9-3-1-2-4-12(9)19-13/h5,10-11,15,17H,1-4,6-8H2,(H,16,18). The van der Waals surface area contributed by atoms with Crippen LogP contribution in [0.4, 0.5) is 0 Å². The minimum absolute atomic E-state index is 0.0125. The number of aliphatic hydroxyl groups is 1. The zero-order valence-corrected chi connectivity index (χ0v) is 11.8. The molecule has 3 N–H and O–H groups in total. The summed E-state index contributed by atoms with van der Waals surface area (Å²) in [6.07, 6.45) is 4.39. The first-order valence-corrected chi connectivity index (χ1v) is 7.84. The lowest BCUT2D eigenvalue weighted by Gasteiger charge is -2.13. The molecule has 0 saturated carbocycles. The molecule has 1 aliphatic heterocycles. The van der Waals surface area contributed by atoms with Gasteiger partial charge in [0.15, 0.2) is 0 Å². The highest BCUT2D eigenvalue weighted by Crippen LogP contribution is 2.29. The Hall–Kier alpha value is -0.910. The van der Waals surface area contributed by atoms with Crippen LogP contribution in [0.5, 0.6) is 0 Å². The minimum Gasteiger partial charge on any atom is -0.391 e. The normalized spacial score (nSPS) is 26.2. The molecule has 0 bridgehead atoms. The molecule has 0 spiro atoms. The van der Waals surface area contributed by atoms with Gasteiger partial charge in [-0.3, -0.25) is 4.79 Å². The largest absolute Gasteiger partial charge is 0.391 e. The number of fused-ring (bicyclic) bond motifs is 1. The molecule has 4 nitrogen and oxygen atoms in total. The summed E-state index contributed by atoms with van der Waals surface area (Å²) in [4.78, 5) is 14.3. The lowest BCUT2D eigenvalue weighted by atomic mass is 9.99. The summed E-state index contributed by atoms with van der Waals surface area (Å²) in [5.41, 5.74) is 1.36. The van der Waals surface area contributed by atoms with Gasteiger partial charge in [-0.25, -0.2) is 0 Å². The van der Waals surface area contributed by atoms with Crippen molar-refractivity contribution in [3.63, 3.8) is 0 Å². The second-order valence-corrected chi connectivity index (χ2v) is 6.60. The summed E-state index contributed by atoms with van der Waals surface area (Å²) in [6, 6.07) is 2.05. The van der Waals surface area contributed by atoms with Crippen LogP contribution in [0.2, 0.25) is 0 Å². The number of β-amino-alcohol motifs (C(OH)–C–C–N with tert-alkyl or cyclic N) is 1. The molecular formula is C14H20N2O2S. The Labute approximate surface area is 117 Å². The fraction of sp³-hybridized carbons (Fsp3) is 0.643. The molecule has 1 aromatic heterocycles. The summed E-state index contributed by atoms with van der Waals surface area (Å²) in [7, 11) is 0. The smallest absolute Gasteiger partial charge is 0.261 e. The Morgan fingerprint density at radius 2 is 2.26 bits per heavy atom. The molecule has 2 aliphatic rings. The first kappa shape index (κ1) is 13.1. The van der Waals surface area contributed by atoms with Gasteiger partial charge in [0.1, 0.15) is 0 Å². The number of aryl methyl sites for hydroxylation is 2. The molecule has 1 amide bonds. The van der Waals surface area contributed by atoms with Crippen LogP contribution in [0.3, 0.4) is 0 Å². The third kappa shape index (κ3) is 2.83. The fourth-order valence-electron chi connectivity index (χ4n) is 2.84. The molecule has 5 heteroatoms. The highest BCUT2D eigenvalue weighted by molar-refractivity contribution is 7.14. The summed E-state index contributed by atoms with van der Waals surface area (Å²) >= 11 is 1.64. The van der Waals surface area contributed by atoms with E-state index in [4.69, 9.17) is 0 Å². The second kappa shape index (κ2) is 5.61. The third-order valence-corrected chi connectivity index (χ3v) is 5.29. The van der Waals surface area contributed by atoms with Gasteiger partial charge in [-0.05, 0) is 37.3 Å². The quantitative estimate of drug-likeness (QED) is 0.772. The summed E-state index contributed by atoms with van der Waals surface area (Å²) in [5, 5.41) is 15.8. The van der Waals surface area contributed by atoms with Gasteiger partial charge in [-0.1, -0.05) is 0 Å². The average molecular weight is 280 g/mol. The Morgan fingerprint density at radius 1 is 1.42 bits per heavy atom. The molecule has 3 rings (SSSR count). The Morgan fingerprint density at radius 3 is 3.00 bits per heavy atom. The van der Waals surface area contributed by atoms with Crippen molar-refractivity contribution in [2.75, 3.05) is 19.6 Å². The van der Waals surface area contributed by atoms with Crippen LogP contribution in [0.1, 0.15) is 33.0 Å². The van der Waals surface area contributed by atoms with Gasteiger partial charge < -0.3 is 15.7 Å². The monoisotopic (exact) mass is 280 g/mol. The lowest BCUT2D eigenvalue weighted by Crippen LogP contribution is -2.34. The van der Waals surface area contributed by atoms with Crippen LogP contribution in [-0.2, 0) is 12.8 Å². The van der Waals surface area contributed by atoms with Crippen molar-refractivity contribution in [1.29, 1.82) is 0 Å². The second-order valence-electron chi connectivity index (χ2n) is 5.46. The van der Waals surface area contributed by atoms with E-state index in [2.05, 4.69) is 16.7 Å². The molecule has 0 aromatic carbocycles. The Kier molecular flexibility index (Phi) is 3.86. The highest BCUT2D eigenvalue weighted by Gasteiger charge is 2.25. The molecule has 1 aromatic rings. The average Bonchev–Trinajstić information content (AvgIpc) is 3.01. The molecule has 104 valence electrons. The maximum absolute atomic E-state index is 12.1. The predicted octanol–water partition coefficient (Wildman–Crippen LogP) is 0.937. The van der Waals surface area contributed by atoms with Crippen LogP contribution < -0.4 is 10.6 Å². The first-order chi connectivity index (χ1) is 9.24. The number of rotatable bonds is 3. The number of hydrogen-bond acceptors (Lipinski definition) is 4. The highest BCUT2D eigenvalue weighted by atomic mass is 32.1. The Balaban J connectivity index is 1.59. The van der Waals surface area contributed by atoms with Crippen LogP contribution in [0.15, 0.2) is 6.07 Å². The van der Waals surface area contributed by atoms with Gasteiger partial charge in [0.25, 0.3) is 5.91 Å². The molecular weight excluding hydrogens is 260 g/mol. The first-order valence-electron chi connectivity index (χ1n) is 7.02. The van der Waals surface area contributed by atoms with Crippen molar-refractivity contribution in [3.05, 3.63) is 21.4 Å². The Bertz CT molecular complexity index is 449. The molecule has 1 aliphatic carbocycles. The number of carbonyl (C=O) groups is 1. The molecule has 2 atom stereocenters. The van der Waals surface area contributed by atoms with Crippen molar-refractivity contribution in [3.8, 4) is 0 Å². The van der Waals surface area contributed by atoms with Gasteiger partial charge in [0, 0.05) is 30.4 Å². The molecule has 2 unspecified atom stereocenters. The molecule has 0 radical (unpaired) electrons. The summed E-state index contributed by atoms with van der Waals surface area (Å²) in [6.45, 7) is 1.96. The van der Waals surface area contributed by atoms with Gasteiger partial charge in [-0.2, -0.15) is 0 Å². The summed E-state index contributed by atoms with van der Waals surface area (Å²) in [5.74, 6) is 0.150. The topological polar surface area (TPSA) is 61.4 Å². The van der Waals surface area contributed by atoms with Crippen LogP contribution in [0.25, 0.3) is 0 Å². The third-order valence-electron chi connectivity index (χ3n) is 4.05. The maximum atomic E-state index is 12.1. The van der Waals surface area contributed by atoms with E-state index in [1.807, 2.05) is 0 Å². The molecule has 19 heavy (non-hydrogen) atoms. The van der Waals surface area contributed by atoms with E-state index in [0.717, 1.165) is 24.3 Å². The van der Waals surface area contributed by atoms with Gasteiger partial charge in [0.2, 0.25) is 0 Å². The van der Waals surface area contributed by atoms with E-state index in [-0.39, 0.29) is 17.9 Å². The van der Waals surface area contributed by atoms with Crippen LogP contribution >= 0.6 is 11.3 Å². The maximum Gasteiger partial charge on any atom is 0.261 e. The van der Waals surface area contributed by atoms with Crippen molar-refractivity contribution in [1.82, 2.24) is 10.6 Å². The number of hydrogen-bond donors (Lipinski definition) is 3. The SMILES string of the molecule is O=C(NCC1CNCC1O)c1cc2c(s1)CCCC2. The molecule has 2 heterocycles. The van der Waals surface area contributed by atoms with E-state index in [0.29, 0.717) is 13.1 Å². The van der Waals surface area contributed by atoms with Crippen LogP contribution in [-0.4, -0.2) is 36.8 Å². The van der Waals surface area contributed by atoms with Gasteiger partial charge in [0.05, 0.1) is 11.0 Å². The van der Waals surface area contributed by atoms with E-state index in [9.17, 15) is 9.90 Å². The van der Waals surface area contributed by atoms with Crippen LogP contribution in [0, 0.1) is 5.92 Å². The van der Waals surface area contributed by atoms with E-state index in [1.165, 1.54) is 23.3 Å². The molecule has 1 saturated heterocycles. The lowest BCUT2D eigenvalue weighted by molar-refractivity contribution is 0.0931. The predicted molar refractivity (Wildman–Crippen MR) is 75.7 cm³/mol. The van der Waals surface area contributed by atoms with Crippen molar-refractivity contribution in [2.24, 2.45) is 5.92 Å². The van der Waals surface area contributed by atoms with E-state index < -0.39 is 0 Å². The number of carbonyl (C=O) groups excluding carboxylic acids is 1. The van der Waals surface area contributed by atoms with Crippen molar-refractivity contribution in [2.45, 2.75) is 31.8 Å². The van der Waals surface area contributed by atoms with Crippen molar-refractivity contribution >= 4 is 17.2 Å². The zero-order chi connectivity index (χ0) is 13.2. The number of thiophene rings is 1. The van der Waals surface area contributed by atoms with Crippen molar-refractivity contribution < 1.29 is 9.90 Å². The number of aliphatic hydroxyl groups excluding tert-OH is 1. The zero-order valence-electron chi connectivity index (χ0n) is 10.9. The van der Waals surface area contributed by atoms with Gasteiger partial charge >= 0.3 is 0 Å². The number of nitrogens with one attached hydrogen (secondary N) is 2. The molecule has 1 fully saturated rings. The van der Waals surface area contributed by atoms with E-state index >= 15 is 0 Å². The summed E-state index contributed by atoms with van der Waals surface area (Å²) < 4.78 is 0. The fourth-order valence-corrected chi connectivity index (χ4v) is 4.01. The number of amides is 1. The minimum atomic E-state index is -0.336. The van der Waals surface area contributed by atoms with Gasteiger partial charge in [-0.15, -0.1) is 11.3 Å².